The van der Waals surface area contributed by atoms with Gasteiger partial charge in [-0.2, -0.15) is 11.8 Å². The first kappa shape index (κ1) is 13.8. The first-order valence-corrected chi connectivity index (χ1v) is 6.71. The maximum absolute atomic E-state index is 13.3. The SMILES string of the molecule is CCSCCCC(=O)Nc1cc(N)ccc1F. The van der Waals surface area contributed by atoms with Crippen molar-refractivity contribution in [2.75, 3.05) is 22.6 Å². The molecule has 0 heterocycles. The topological polar surface area (TPSA) is 55.1 Å². The van der Waals surface area contributed by atoms with E-state index in [9.17, 15) is 9.18 Å². The van der Waals surface area contributed by atoms with Gasteiger partial charge in [-0.1, -0.05) is 6.92 Å². The molecule has 0 aliphatic heterocycles. The predicted molar refractivity (Wildman–Crippen MR) is 71.7 cm³/mol. The highest BCUT2D eigenvalue weighted by atomic mass is 32.2. The van der Waals surface area contributed by atoms with E-state index < -0.39 is 5.82 Å². The Morgan fingerprint density at radius 3 is 3.00 bits per heavy atom. The summed E-state index contributed by atoms with van der Waals surface area (Å²) in [6, 6.07) is 4.13. The fourth-order valence-electron chi connectivity index (χ4n) is 1.33. The molecule has 0 saturated carbocycles. The van der Waals surface area contributed by atoms with E-state index in [4.69, 9.17) is 5.73 Å². The Hall–Kier alpha value is -1.23. The number of nitrogens with two attached hydrogens (primary N) is 1. The van der Waals surface area contributed by atoms with Gasteiger partial charge in [0.05, 0.1) is 5.69 Å². The summed E-state index contributed by atoms with van der Waals surface area (Å²) in [4.78, 5) is 11.5. The van der Waals surface area contributed by atoms with E-state index in [1.54, 1.807) is 11.8 Å². The number of amides is 1. The molecular formula is C12H17FN2OS. The van der Waals surface area contributed by atoms with Crippen LogP contribution in [0.5, 0.6) is 0 Å². The number of carbonyl (C=O) groups excluding carboxylic acids is 1. The Morgan fingerprint density at radius 2 is 2.29 bits per heavy atom. The third kappa shape index (κ3) is 5.08. The minimum atomic E-state index is -0.463. The molecule has 0 spiro atoms. The minimum absolute atomic E-state index is 0.151. The Kier molecular flexibility index (Phi) is 5.83. The van der Waals surface area contributed by atoms with Crippen LogP contribution < -0.4 is 11.1 Å². The number of anilines is 2. The van der Waals surface area contributed by atoms with Crippen molar-refractivity contribution < 1.29 is 9.18 Å². The zero-order chi connectivity index (χ0) is 12.7. The number of thioether (sulfide) groups is 1. The Morgan fingerprint density at radius 1 is 1.53 bits per heavy atom. The van der Waals surface area contributed by atoms with Gasteiger partial charge in [-0.3, -0.25) is 4.79 Å². The monoisotopic (exact) mass is 256 g/mol. The molecule has 0 bridgehead atoms. The average Bonchev–Trinajstić information content (AvgIpc) is 2.29. The van der Waals surface area contributed by atoms with Crippen LogP contribution in [0.3, 0.4) is 0 Å². The number of rotatable bonds is 6. The summed E-state index contributed by atoms with van der Waals surface area (Å²) in [6.07, 6.45) is 1.20. The van der Waals surface area contributed by atoms with E-state index in [1.807, 2.05) is 0 Å². The standard InChI is InChI=1S/C12H17FN2OS/c1-2-17-7-3-4-12(16)15-11-8-9(14)5-6-10(11)13/h5-6,8H,2-4,7,14H2,1H3,(H,15,16). The molecule has 0 radical (unpaired) electrons. The number of hydrogen-bond acceptors (Lipinski definition) is 3. The second kappa shape index (κ2) is 7.17. The Labute approximate surface area is 105 Å². The van der Waals surface area contributed by atoms with Crippen LogP contribution in [0, 0.1) is 5.82 Å². The lowest BCUT2D eigenvalue weighted by atomic mass is 10.2. The molecule has 0 aromatic heterocycles. The smallest absolute Gasteiger partial charge is 0.224 e. The Balaban J connectivity index is 2.42. The summed E-state index contributed by atoms with van der Waals surface area (Å²) >= 11 is 1.79. The third-order valence-electron chi connectivity index (χ3n) is 2.16. The minimum Gasteiger partial charge on any atom is -0.399 e. The molecule has 1 amide bonds. The van der Waals surface area contributed by atoms with Gasteiger partial charge in [-0.05, 0) is 36.1 Å². The van der Waals surface area contributed by atoms with Gasteiger partial charge in [0.25, 0.3) is 0 Å². The molecular weight excluding hydrogens is 239 g/mol. The molecule has 0 saturated heterocycles. The van der Waals surface area contributed by atoms with Gasteiger partial charge in [-0.25, -0.2) is 4.39 Å². The van der Waals surface area contributed by atoms with Crippen molar-refractivity contribution in [1.29, 1.82) is 0 Å². The highest BCUT2D eigenvalue weighted by Crippen LogP contribution is 2.17. The predicted octanol–water partition coefficient (Wildman–Crippen LogP) is 2.88. The zero-order valence-electron chi connectivity index (χ0n) is 9.83. The van der Waals surface area contributed by atoms with E-state index in [1.165, 1.54) is 18.2 Å². The van der Waals surface area contributed by atoms with Crippen LogP contribution >= 0.6 is 11.8 Å². The van der Waals surface area contributed by atoms with Crippen molar-refractivity contribution in [3.05, 3.63) is 24.0 Å². The summed E-state index contributed by atoms with van der Waals surface area (Å²) in [6.45, 7) is 2.08. The van der Waals surface area contributed by atoms with Gasteiger partial charge in [-0.15, -0.1) is 0 Å². The number of benzene rings is 1. The van der Waals surface area contributed by atoms with Crippen LogP contribution in [0.4, 0.5) is 15.8 Å². The lowest BCUT2D eigenvalue weighted by Crippen LogP contribution is -2.12. The highest BCUT2D eigenvalue weighted by molar-refractivity contribution is 7.99. The molecule has 5 heteroatoms. The molecule has 0 aliphatic carbocycles. The first-order chi connectivity index (χ1) is 8.13. The number of carbonyl (C=O) groups is 1. The molecule has 0 atom stereocenters. The summed E-state index contributed by atoms with van der Waals surface area (Å²) in [5.41, 5.74) is 6.11. The molecule has 1 aromatic rings. The van der Waals surface area contributed by atoms with Crippen LogP contribution in [0.2, 0.25) is 0 Å². The molecule has 0 aliphatic rings. The van der Waals surface area contributed by atoms with Crippen LogP contribution in [0.1, 0.15) is 19.8 Å². The number of halogens is 1. The van der Waals surface area contributed by atoms with Crippen molar-refractivity contribution in [3.8, 4) is 0 Å². The summed E-state index contributed by atoms with van der Waals surface area (Å²) in [7, 11) is 0. The van der Waals surface area contributed by atoms with Crippen molar-refractivity contribution >= 4 is 29.0 Å². The van der Waals surface area contributed by atoms with Crippen molar-refractivity contribution in [3.63, 3.8) is 0 Å². The summed E-state index contributed by atoms with van der Waals surface area (Å²) in [5.74, 6) is 1.36. The maximum Gasteiger partial charge on any atom is 0.224 e. The highest BCUT2D eigenvalue weighted by Gasteiger charge is 2.06. The van der Waals surface area contributed by atoms with Gasteiger partial charge < -0.3 is 11.1 Å². The number of hydrogen-bond donors (Lipinski definition) is 2. The number of nitrogens with one attached hydrogen (secondary N) is 1. The lowest BCUT2D eigenvalue weighted by Gasteiger charge is -2.07. The van der Waals surface area contributed by atoms with Gasteiger partial charge >= 0.3 is 0 Å². The van der Waals surface area contributed by atoms with Gasteiger partial charge in [0.15, 0.2) is 0 Å². The van der Waals surface area contributed by atoms with Crippen LogP contribution in [0.15, 0.2) is 18.2 Å². The lowest BCUT2D eigenvalue weighted by molar-refractivity contribution is -0.116. The van der Waals surface area contributed by atoms with Gasteiger partial charge in [0, 0.05) is 12.1 Å². The average molecular weight is 256 g/mol. The Bertz CT molecular complexity index is 385. The molecule has 3 N–H and O–H groups in total. The molecule has 0 unspecified atom stereocenters. The third-order valence-corrected chi connectivity index (χ3v) is 3.15. The van der Waals surface area contributed by atoms with Crippen molar-refractivity contribution in [2.45, 2.75) is 19.8 Å². The van der Waals surface area contributed by atoms with Crippen molar-refractivity contribution in [1.82, 2.24) is 0 Å². The van der Waals surface area contributed by atoms with E-state index in [0.29, 0.717) is 12.1 Å². The largest absolute Gasteiger partial charge is 0.399 e. The molecule has 3 nitrogen and oxygen atoms in total. The fourth-order valence-corrected chi connectivity index (χ4v) is 1.97. The zero-order valence-corrected chi connectivity index (χ0v) is 10.6. The summed E-state index contributed by atoms with van der Waals surface area (Å²) in [5, 5.41) is 2.52. The second-order valence-corrected chi connectivity index (χ2v) is 4.98. The van der Waals surface area contributed by atoms with E-state index >= 15 is 0 Å². The fraction of sp³-hybridized carbons (Fsp3) is 0.417. The quantitative estimate of drug-likeness (QED) is 0.608. The normalized spacial score (nSPS) is 10.2. The second-order valence-electron chi connectivity index (χ2n) is 3.59. The summed E-state index contributed by atoms with van der Waals surface area (Å²) < 4.78 is 13.3. The van der Waals surface area contributed by atoms with E-state index in [2.05, 4.69) is 12.2 Å². The van der Waals surface area contributed by atoms with Crippen LogP contribution in [-0.2, 0) is 4.79 Å². The van der Waals surface area contributed by atoms with Gasteiger partial charge in [0.2, 0.25) is 5.91 Å². The molecule has 0 fully saturated rings. The maximum atomic E-state index is 13.3. The molecule has 17 heavy (non-hydrogen) atoms. The van der Waals surface area contributed by atoms with Crippen LogP contribution in [0.25, 0.3) is 0 Å². The van der Waals surface area contributed by atoms with E-state index in [-0.39, 0.29) is 11.6 Å². The van der Waals surface area contributed by atoms with Crippen molar-refractivity contribution in [2.24, 2.45) is 0 Å². The first-order valence-electron chi connectivity index (χ1n) is 5.56. The van der Waals surface area contributed by atoms with E-state index in [0.717, 1.165) is 17.9 Å². The molecule has 94 valence electrons. The number of nitrogen functional groups attached to an aromatic ring is 1. The van der Waals surface area contributed by atoms with Crippen LogP contribution in [-0.4, -0.2) is 17.4 Å². The molecule has 1 rings (SSSR count). The van der Waals surface area contributed by atoms with Gasteiger partial charge in [0.1, 0.15) is 5.82 Å². The molecule has 1 aromatic carbocycles.